The standard InChI is InChI=1S/C20H23NO6/c1-5-10-21-15(18(22)23)11-14(13-8-6-12(2)7-9-13)16(19(24)26-3)17(21)20(25)27-4/h6-9,11,14H,5,10H2,1-4H3,(H,22,23). The second kappa shape index (κ2) is 8.53. The second-order valence-electron chi connectivity index (χ2n) is 6.14. The van der Waals surface area contributed by atoms with Gasteiger partial charge in [-0.15, -0.1) is 0 Å². The molecule has 0 amide bonds. The second-order valence-corrected chi connectivity index (χ2v) is 6.14. The molecule has 1 atom stereocenters. The predicted octanol–water partition coefficient (Wildman–Crippen LogP) is 2.37. The van der Waals surface area contributed by atoms with Crippen LogP contribution in [0.4, 0.5) is 0 Å². The van der Waals surface area contributed by atoms with Crippen LogP contribution in [0, 0.1) is 6.92 Å². The molecule has 1 N–H and O–H groups in total. The van der Waals surface area contributed by atoms with Crippen LogP contribution in [0.15, 0.2) is 47.3 Å². The molecule has 1 heterocycles. The molecule has 1 unspecified atom stereocenters. The fourth-order valence-corrected chi connectivity index (χ4v) is 3.07. The zero-order valence-electron chi connectivity index (χ0n) is 15.8. The maximum atomic E-state index is 12.6. The molecule has 1 aromatic rings. The Morgan fingerprint density at radius 2 is 1.67 bits per heavy atom. The monoisotopic (exact) mass is 373 g/mol. The van der Waals surface area contributed by atoms with Crippen LogP contribution >= 0.6 is 0 Å². The van der Waals surface area contributed by atoms with E-state index in [0.29, 0.717) is 12.0 Å². The minimum absolute atomic E-state index is 0.0617. The summed E-state index contributed by atoms with van der Waals surface area (Å²) in [4.78, 5) is 38.3. The van der Waals surface area contributed by atoms with E-state index in [0.717, 1.165) is 5.56 Å². The smallest absolute Gasteiger partial charge is 0.355 e. The van der Waals surface area contributed by atoms with E-state index in [2.05, 4.69) is 0 Å². The largest absolute Gasteiger partial charge is 0.477 e. The molecule has 1 aliphatic rings. The van der Waals surface area contributed by atoms with Crippen molar-refractivity contribution in [1.82, 2.24) is 4.90 Å². The van der Waals surface area contributed by atoms with Crippen molar-refractivity contribution in [2.45, 2.75) is 26.2 Å². The first-order valence-electron chi connectivity index (χ1n) is 8.55. The van der Waals surface area contributed by atoms with Crippen molar-refractivity contribution in [1.29, 1.82) is 0 Å². The lowest BCUT2D eigenvalue weighted by Gasteiger charge is -2.34. The summed E-state index contributed by atoms with van der Waals surface area (Å²) in [5.41, 5.74) is 1.58. The Balaban J connectivity index is 2.79. The van der Waals surface area contributed by atoms with Gasteiger partial charge >= 0.3 is 17.9 Å². The Hall–Kier alpha value is -3.09. The molecule has 0 bridgehead atoms. The average molecular weight is 373 g/mol. The van der Waals surface area contributed by atoms with E-state index in [9.17, 15) is 19.5 Å². The highest BCUT2D eigenvalue weighted by Gasteiger charge is 2.39. The van der Waals surface area contributed by atoms with Crippen LogP contribution in [0.25, 0.3) is 0 Å². The zero-order chi connectivity index (χ0) is 20.1. The minimum Gasteiger partial charge on any atom is -0.477 e. The SMILES string of the molecule is CCCN1C(C(=O)O)=CC(c2ccc(C)cc2)C(C(=O)OC)=C1C(=O)OC. The highest BCUT2D eigenvalue weighted by Crippen LogP contribution is 2.38. The Bertz CT molecular complexity index is 806. The Morgan fingerprint density at radius 1 is 1.07 bits per heavy atom. The van der Waals surface area contributed by atoms with E-state index in [-0.39, 0.29) is 23.5 Å². The number of aryl methyl sites for hydroxylation is 1. The van der Waals surface area contributed by atoms with Gasteiger partial charge in [0.05, 0.1) is 19.8 Å². The first-order valence-corrected chi connectivity index (χ1v) is 8.55. The van der Waals surface area contributed by atoms with Crippen LogP contribution in [-0.2, 0) is 23.9 Å². The maximum absolute atomic E-state index is 12.6. The van der Waals surface area contributed by atoms with Crippen LogP contribution < -0.4 is 0 Å². The number of methoxy groups -OCH3 is 2. The van der Waals surface area contributed by atoms with Crippen LogP contribution in [0.3, 0.4) is 0 Å². The number of carbonyl (C=O) groups is 3. The van der Waals surface area contributed by atoms with Crippen molar-refractivity contribution >= 4 is 17.9 Å². The summed E-state index contributed by atoms with van der Waals surface area (Å²) in [5.74, 6) is -3.42. The quantitative estimate of drug-likeness (QED) is 0.765. The number of carboxylic acid groups (broad SMARTS) is 1. The summed E-state index contributed by atoms with van der Waals surface area (Å²) < 4.78 is 9.76. The van der Waals surface area contributed by atoms with Crippen LogP contribution in [0.2, 0.25) is 0 Å². The Labute approximate surface area is 157 Å². The van der Waals surface area contributed by atoms with Gasteiger partial charge < -0.3 is 19.5 Å². The number of carboxylic acids is 1. The number of allylic oxidation sites excluding steroid dienone is 1. The summed E-state index contributed by atoms with van der Waals surface area (Å²) in [6, 6.07) is 7.30. The number of nitrogens with zero attached hydrogens (tertiary/aromatic N) is 1. The van der Waals surface area contributed by atoms with Crippen molar-refractivity contribution in [2.24, 2.45) is 0 Å². The Kier molecular flexibility index (Phi) is 6.39. The van der Waals surface area contributed by atoms with Crippen molar-refractivity contribution in [2.75, 3.05) is 20.8 Å². The molecule has 0 fully saturated rings. The van der Waals surface area contributed by atoms with Gasteiger partial charge in [-0.3, -0.25) is 0 Å². The van der Waals surface area contributed by atoms with Gasteiger partial charge in [-0.2, -0.15) is 0 Å². The molecule has 2 rings (SSSR count). The predicted molar refractivity (Wildman–Crippen MR) is 97.7 cm³/mol. The number of rotatable bonds is 6. The fourth-order valence-electron chi connectivity index (χ4n) is 3.07. The topological polar surface area (TPSA) is 93.1 Å². The number of ether oxygens (including phenoxy) is 2. The lowest BCUT2D eigenvalue weighted by molar-refractivity contribution is -0.141. The van der Waals surface area contributed by atoms with Gasteiger partial charge in [0, 0.05) is 12.5 Å². The third-order valence-corrected chi connectivity index (χ3v) is 4.34. The molecular weight excluding hydrogens is 350 g/mol. The first-order chi connectivity index (χ1) is 12.8. The number of carbonyl (C=O) groups excluding carboxylic acids is 2. The molecule has 1 aromatic carbocycles. The van der Waals surface area contributed by atoms with Gasteiger partial charge in [0.25, 0.3) is 0 Å². The number of aliphatic carboxylic acids is 1. The number of hydrogen-bond donors (Lipinski definition) is 1. The molecule has 7 nitrogen and oxygen atoms in total. The van der Waals surface area contributed by atoms with E-state index in [1.807, 2.05) is 26.0 Å². The maximum Gasteiger partial charge on any atom is 0.355 e. The molecule has 0 aliphatic carbocycles. The van der Waals surface area contributed by atoms with Crippen LogP contribution in [0.1, 0.15) is 30.4 Å². The van der Waals surface area contributed by atoms with E-state index < -0.39 is 23.8 Å². The summed E-state index contributed by atoms with van der Waals surface area (Å²) >= 11 is 0. The molecule has 0 radical (unpaired) electrons. The van der Waals surface area contributed by atoms with Crippen LogP contribution in [-0.4, -0.2) is 48.7 Å². The molecule has 144 valence electrons. The summed E-state index contributed by atoms with van der Waals surface area (Å²) in [5, 5.41) is 9.70. The fraction of sp³-hybridized carbons (Fsp3) is 0.350. The van der Waals surface area contributed by atoms with Crippen molar-refractivity contribution < 1.29 is 29.0 Å². The van der Waals surface area contributed by atoms with Gasteiger partial charge in [-0.05, 0) is 25.0 Å². The molecule has 1 aliphatic heterocycles. The van der Waals surface area contributed by atoms with E-state index in [1.165, 1.54) is 25.2 Å². The van der Waals surface area contributed by atoms with E-state index in [4.69, 9.17) is 9.47 Å². The highest BCUT2D eigenvalue weighted by atomic mass is 16.5. The van der Waals surface area contributed by atoms with Crippen molar-refractivity contribution in [3.63, 3.8) is 0 Å². The first kappa shape index (κ1) is 20.2. The van der Waals surface area contributed by atoms with Crippen molar-refractivity contribution in [3.05, 3.63) is 58.4 Å². The molecule has 27 heavy (non-hydrogen) atoms. The zero-order valence-corrected chi connectivity index (χ0v) is 15.8. The normalized spacial score (nSPS) is 16.7. The average Bonchev–Trinajstić information content (AvgIpc) is 2.66. The number of benzene rings is 1. The van der Waals surface area contributed by atoms with Crippen LogP contribution in [0.5, 0.6) is 0 Å². The van der Waals surface area contributed by atoms with Gasteiger partial charge in [0.15, 0.2) is 0 Å². The molecule has 0 saturated carbocycles. The van der Waals surface area contributed by atoms with E-state index in [1.54, 1.807) is 12.1 Å². The Morgan fingerprint density at radius 3 is 2.15 bits per heavy atom. The lowest BCUT2D eigenvalue weighted by Crippen LogP contribution is -2.38. The summed E-state index contributed by atoms with van der Waals surface area (Å²) in [6.07, 6.45) is 2.04. The number of esters is 2. The van der Waals surface area contributed by atoms with Gasteiger partial charge in [0.1, 0.15) is 11.4 Å². The van der Waals surface area contributed by atoms with E-state index >= 15 is 0 Å². The minimum atomic E-state index is -1.19. The summed E-state index contributed by atoms with van der Waals surface area (Å²) in [6.45, 7) is 4.00. The summed E-state index contributed by atoms with van der Waals surface area (Å²) in [7, 11) is 2.41. The van der Waals surface area contributed by atoms with Gasteiger partial charge in [-0.25, -0.2) is 14.4 Å². The van der Waals surface area contributed by atoms with Gasteiger partial charge in [-0.1, -0.05) is 36.8 Å². The highest BCUT2D eigenvalue weighted by molar-refractivity contribution is 6.04. The molecule has 0 aromatic heterocycles. The molecule has 7 heteroatoms. The van der Waals surface area contributed by atoms with Gasteiger partial charge in [0.2, 0.25) is 0 Å². The lowest BCUT2D eigenvalue weighted by atomic mass is 9.85. The molecule has 0 spiro atoms. The van der Waals surface area contributed by atoms with Crippen molar-refractivity contribution in [3.8, 4) is 0 Å². The third-order valence-electron chi connectivity index (χ3n) is 4.34. The third kappa shape index (κ3) is 4.02. The molecule has 0 saturated heterocycles. The number of hydrogen-bond acceptors (Lipinski definition) is 6. The molecular formula is C20H23NO6.